The molecule has 0 saturated heterocycles. The molecule has 2 rings (SSSR count). The average molecular weight is 300 g/mol. The number of carbonyl (C=O) groups excluding carboxylic acids is 1. The molecule has 0 aromatic heterocycles. The Morgan fingerprint density at radius 1 is 1.50 bits per heavy atom. The molecule has 1 aliphatic carbocycles. The van der Waals surface area contributed by atoms with E-state index < -0.39 is 26.6 Å². The van der Waals surface area contributed by atoms with Crippen LogP contribution in [-0.4, -0.2) is 20.9 Å². The molecule has 1 amide bonds. The third kappa shape index (κ3) is 3.55. The Balaban J connectivity index is 2.10. The van der Waals surface area contributed by atoms with Gasteiger partial charge in [-0.2, -0.15) is 0 Å². The van der Waals surface area contributed by atoms with Crippen molar-refractivity contribution in [2.24, 2.45) is 17.0 Å². The van der Waals surface area contributed by atoms with Gasteiger partial charge in [-0.1, -0.05) is 6.92 Å². The van der Waals surface area contributed by atoms with Crippen molar-refractivity contribution in [3.63, 3.8) is 0 Å². The van der Waals surface area contributed by atoms with Crippen LogP contribution in [0, 0.1) is 17.7 Å². The highest BCUT2D eigenvalue weighted by Gasteiger charge is 2.28. The van der Waals surface area contributed by atoms with Crippen LogP contribution in [0.3, 0.4) is 0 Å². The predicted octanol–water partition coefficient (Wildman–Crippen LogP) is 1.25. The van der Waals surface area contributed by atoms with Gasteiger partial charge in [0.25, 0.3) is 5.91 Å². The molecule has 1 saturated carbocycles. The number of benzene rings is 1. The third-order valence-electron chi connectivity index (χ3n) is 3.51. The number of nitrogens with two attached hydrogens (primary N) is 1. The SMILES string of the molecule is CC(CNC(=O)c1ccc(F)c(S(N)(=O)=O)c1)C1CC1. The summed E-state index contributed by atoms with van der Waals surface area (Å²) in [6, 6.07) is 3.13. The molecule has 1 aromatic rings. The molecule has 7 heteroatoms. The molecule has 110 valence electrons. The molecular weight excluding hydrogens is 283 g/mol. The second-order valence-corrected chi connectivity index (χ2v) is 6.74. The summed E-state index contributed by atoms with van der Waals surface area (Å²) in [5.41, 5.74) is 0.0819. The Labute approximate surface area is 117 Å². The summed E-state index contributed by atoms with van der Waals surface area (Å²) in [5, 5.41) is 7.62. The molecule has 1 fully saturated rings. The molecule has 20 heavy (non-hydrogen) atoms. The molecule has 0 spiro atoms. The Bertz CT molecular complexity index is 627. The molecule has 5 nitrogen and oxygen atoms in total. The molecule has 1 aliphatic rings. The van der Waals surface area contributed by atoms with Gasteiger partial charge in [0, 0.05) is 12.1 Å². The first kappa shape index (κ1) is 14.9. The van der Waals surface area contributed by atoms with Gasteiger partial charge in [-0.3, -0.25) is 4.79 Å². The minimum Gasteiger partial charge on any atom is -0.352 e. The van der Waals surface area contributed by atoms with Crippen LogP contribution in [0.2, 0.25) is 0 Å². The molecule has 3 N–H and O–H groups in total. The van der Waals surface area contributed by atoms with Crippen LogP contribution in [0.5, 0.6) is 0 Å². The summed E-state index contributed by atoms with van der Waals surface area (Å²) in [5.74, 6) is -0.349. The second-order valence-electron chi connectivity index (χ2n) is 5.21. The topological polar surface area (TPSA) is 89.3 Å². The van der Waals surface area contributed by atoms with Crippen molar-refractivity contribution in [2.75, 3.05) is 6.54 Å². The van der Waals surface area contributed by atoms with Crippen molar-refractivity contribution in [1.82, 2.24) is 5.32 Å². The lowest BCUT2D eigenvalue weighted by Crippen LogP contribution is -2.29. The van der Waals surface area contributed by atoms with Crippen molar-refractivity contribution >= 4 is 15.9 Å². The van der Waals surface area contributed by atoms with E-state index in [0.717, 1.165) is 12.1 Å². The zero-order chi connectivity index (χ0) is 14.9. The van der Waals surface area contributed by atoms with E-state index in [2.05, 4.69) is 12.2 Å². The highest BCUT2D eigenvalue weighted by atomic mass is 32.2. The first-order chi connectivity index (χ1) is 9.29. The summed E-state index contributed by atoms with van der Waals surface area (Å²) in [7, 11) is -4.18. The molecule has 0 aliphatic heterocycles. The number of carbonyl (C=O) groups is 1. The fourth-order valence-corrected chi connectivity index (χ4v) is 2.68. The number of halogens is 1. The summed E-state index contributed by atoms with van der Waals surface area (Å²) in [6.45, 7) is 2.57. The van der Waals surface area contributed by atoms with Crippen LogP contribution in [0.25, 0.3) is 0 Å². The van der Waals surface area contributed by atoms with Gasteiger partial charge < -0.3 is 5.32 Å². The van der Waals surface area contributed by atoms with Gasteiger partial charge in [0.1, 0.15) is 10.7 Å². The van der Waals surface area contributed by atoms with Crippen molar-refractivity contribution in [1.29, 1.82) is 0 Å². The van der Waals surface area contributed by atoms with E-state index in [4.69, 9.17) is 5.14 Å². The zero-order valence-corrected chi connectivity index (χ0v) is 11.9. The molecular formula is C13H17FN2O3S. The van der Waals surface area contributed by atoms with Crippen LogP contribution in [0.4, 0.5) is 4.39 Å². The Morgan fingerprint density at radius 3 is 2.70 bits per heavy atom. The third-order valence-corrected chi connectivity index (χ3v) is 4.44. The number of hydrogen-bond donors (Lipinski definition) is 2. The second kappa shape index (κ2) is 5.49. The first-order valence-corrected chi connectivity index (χ1v) is 7.94. The maximum Gasteiger partial charge on any atom is 0.251 e. The highest BCUT2D eigenvalue weighted by Crippen LogP contribution is 2.36. The lowest BCUT2D eigenvalue weighted by molar-refractivity contribution is 0.0946. The Morgan fingerprint density at radius 2 is 2.15 bits per heavy atom. The van der Waals surface area contributed by atoms with Gasteiger partial charge in [-0.05, 0) is 42.9 Å². The first-order valence-electron chi connectivity index (χ1n) is 6.39. The molecule has 0 radical (unpaired) electrons. The van der Waals surface area contributed by atoms with Crippen LogP contribution in [0.1, 0.15) is 30.1 Å². The van der Waals surface area contributed by atoms with Gasteiger partial charge in [-0.25, -0.2) is 17.9 Å². The van der Waals surface area contributed by atoms with E-state index in [1.165, 1.54) is 18.9 Å². The van der Waals surface area contributed by atoms with Gasteiger partial charge in [0.05, 0.1) is 0 Å². The van der Waals surface area contributed by atoms with Crippen molar-refractivity contribution in [3.8, 4) is 0 Å². The van der Waals surface area contributed by atoms with Crippen LogP contribution < -0.4 is 10.5 Å². The summed E-state index contributed by atoms with van der Waals surface area (Å²) in [4.78, 5) is 11.2. The van der Waals surface area contributed by atoms with Crippen LogP contribution in [0.15, 0.2) is 23.1 Å². The predicted molar refractivity (Wildman–Crippen MR) is 72.0 cm³/mol. The lowest BCUT2D eigenvalue weighted by Gasteiger charge is -2.12. The minimum atomic E-state index is -4.18. The number of nitrogens with one attached hydrogen (secondary N) is 1. The normalized spacial score (nSPS) is 16.8. The number of sulfonamides is 1. The van der Waals surface area contributed by atoms with E-state index in [1.54, 1.807) is 0 Å². The molecule has 1 atom stereocenters. The van der Waals surface area contributed by atoms with Crippen molar-refractivity contribution < 1.29 is 17.6 Å². The minimum absolute atomic E-state index is 0.0819. The van der Waals surface area contributed by atoms with Crippen LogP contribution >= 0.6 is 0 Å². The maximum absolute atomic E-state index is 13.4. The smallest absolute Gasteiger partial charge is 0.251 e. The van der Waals surface area contributed by atoms with E-state index >= 15 is 0 Å². The fraction of sp³-hybridized carbons (Fsp3) is 0.462. The van der Waals surface area contributed by atoms with Gasteiger partial charge >= 0.3 is 0 Å². The van der Waals surface area contributed by atoms with Crippen LogP contribution in [-0.2, 0) is 10.0 Å². The van der Waals surface area contributed by atoms with E-state index in [0.29, 0.717) is 18.4 Å². The van der Waals surface area contributed by atoms with Crippen molar-refractivity contribution in [3.05, 3.63) is 29.6 Å². The number of hydrogen-bond acceptors (Lipinski definition) is 3. The van der Waals surface area contributed by atoms with Crippen molar-refractivity contribution in [2.45, 2.75) is 24.7 Å². The summed E-state index contributed by atoms with van der Waals surface area (Å²) in [6.07, 6.45) is 2.37. The fourth-order valence-electron chi connectivity index (χ4n) is 2.05. The van der Waals surface area contributed by atoms with Gasteiger partial charge in [0.15, 0.2) is 0 Å². The Hall–Kier alpha value is -1.47. The monoisotopic (exact) mass is 300 g/mol. The van der Waals surface area contributed by atoms with Gasteiger partial charge in [0.2, 0.25) is 10.0 Å². The van der Waals surface area contributed by atoms with E-state index in [-0.39, 0.29) is 5.56 Å². The highest BCUT2D eigenvalue weighted by molar-refractivity contribution is 7.89. The van der Waals surface area contributed by atoms with E-state index in [1.807, 2.05) is 0 Å². The number of primary sulfonamides is 1. The molecule has 0 bridgehead atoms. The molecule has 0 heterocycles. The standard InChI is InChI=1S/C13H17FN2O3S/c1-8(9-2-3-9)7-16-13(17)10-4-5-11(14)12(6-10)20(15,18)19/h4-6,8-9H,2-3,7H2,1H3,(H,16,17)(H2,15,18,19). The molecule has 1 aromatic carbocycles. The quantitative estimate of drug-likeness (QED) is 0.857. The maximum atomic E-state index is 13.4. The lowest BCUT2D eigenvalue weighted by atomic mass is 10.1. The average Bonchev–Trinajstić information content (AvgIpc) is 3.18. The zero-order valence-electron chi connectivity index (χ0n) is 11.1. The molecule has 1 unspecified atom stereocenters. The summed E-state index contributed by atoms with van der Waals surface area (Å²) < 4.78 is 35.8. The number of amides is 1. The van der Waals surface area contributed by atoms with E-state index in [9.17, 15) is 17.6 Å². The summed E-state index contributed by atoms with van der Waals surface area (Å²) >= 11 is 0. The van der Waals surface area contributed by atoms with Gasteiger partial charge in [-0.15, -0.1) is 0 Å². The largest absolute Gasteiger partial charge is 0.352 e. The Kier molecular flexibility index (Phi) is 4.10. The number of rotatable bonds is 5.